The minimum absolute atomic E-state index is 0.00593. The van der Waals surface area contributed by atoms with Crippen LogP contribution in [0.2, 0.25) is 0 Å². The van der Waals surface area contributed by atoms with Crippen molar-refractivity contribution >= 4 is 17.5 Å². The highest BCUT2D eigenvalue weighted by atomic mass is 16.2. The molecule has 0 spiro atoms. The van der Waals surface area contributed by atoms with Gasteiger partial charge in [-0.25, -0.2) is 0 Å². The summed E-state index contributed by atoms with van der Waals surface area (Å²) in [6.07, 6.45) is 1.87. The van der Waals surface area contributed by atoms with Crippen molar-refractivity contribution in [3.8, 4) is 0 Å². The molecule has 0 radical (unpaired) electrons. The molecule has 1 aliphatic heterocycles. The molecule has 1 fully saturated rings. The lowest BCUT2D eigenvalue weighted by atomic mass is 9.96. The van der Waals surface area contributed by atoms with Gasteiger partial charge in [-0.15, -0.1) is 0 Å². The second kappa shape index (κ2) is 10.4. The van der Waals surface area contributed by atoms with Gasteiger partial charge in [0, 0.05) is 19.6 Å². The molecule has 0 aliphatic carbocycles. The van der Waals surface area contributed by atoms with Gasteiger partial charge in [0.25, 0.3) is 5.91 Å². The maximum atomic E-state index is 13.0. The number of nitrogens with one attached hydrogen (secondary N) is 2. The highest BCUT2D eigenvalue weighted by Crippen LogP contribution is 2.23. The highest BCUT2D eigenvalue weighted by molar-refractivity contribution is 6.04. The predicted molar refractivity (Wildman–Crippen MR) is 121 cm³/mol. The molecule has 1 atom stereocenters. The van der Waals surface area contributed by atoms with Gasteiger partial charge < -0.3 is 10.6 Å². The number of amides is 2. The molecule has 2 amide bonds. The second-order valence-corrected chi connectivity index (χ2v) is 8.64. The summed E-state index contributed by atoms with van der Waals surface area (Å²) >= 11 is 0. The zero-order valence-electron chi connectivity index (χ0n) is 18.3. The van der Waals surface area contributed by atoms with Crippen LogP contribution in [-0.2, 0) is 11.3 Å². The normalized spacial score (nSPS) is 17.0. The van der Waals surface area contributed by atoms with E-state index >= 15 is 0 Å². The standard InChI is InChI=1S/C25H33N3O2/c1-18(2)15-26-25(30)22-12-6-7-13-23(22)27-24(29)21-11-8-14-28(17-21)16-20-10-5-4-9-19(20)3/h4-7,9-10,12-13,18,21H,8,11,14-17H2,1-3H3,(H,26,30)(H,27,29). The average Bonchev–Trinajstić information content (AvgIpc) is 2.74. The Balaban J connectivity index is 1.63. The van der Waals surface area contributed by atoms with Gasteiger partial charge in [-0.3, -0.25) is 14.5 Å². The SMILES string of the molecule is Cc1ccccc1CN1CCCC(C(=O)Nc2ccccc2C(=O)NCC(C)C)C1. The first kappa shape index (κ1) is 22.0. The van der Waals surface area contributed by atoms with Crippen LogP contribution in [0, 0.1) is 18.8 Å². The van der Waals surface area contributed by atoms with Crippen LogP contribution in [-0.4, -0.2) is 36.3 Å². The van der Waals surface area contributed by atoms with E-state index in [9.17, 15) is 9.59 Å². The Labute approximate surface area is 179 Å². The van der Waals surface area contributed by atoms with Crippen LogP contribution in [0.4, 0.5) is 5.69 Å². The summed E-state index contributed by atoms with van der Waals surface area (Å²) in [6, 6.07) is 15.6. The number of anilines is 1. The maximum absolute atomic E-state index is 13.0. The molecule has 2 aromatic carbocycles. The topological polar surface area (TPSA) is 61.4 Å². The summed E-state index contributed by atoms with van der Waals surface area (Å²) in [5, 5.41) is 5.95. The quantitative estimate of drug-likeness (QED) is 0.722. The van der Waals surface area contributed by atoms with E-state index in [1.54, 1.807) is 12.1 Å². The monoisotopic (exact) mass is 407 g/mol. The van der Waals surface area contributed by atoms with Gasteiger partial charge in [-0.1, -0.05) is 50.2 Å². The van der Waals surface area contributed by atoms with E-state index in [0.717, 1.165) is 32.5 Å². The third-order valence-corrected chi connectivity index (χ3v) is 5.63. The van der Waals surface area contributed by atoms with Crippen molar-refractivity contribution in [3.05, 3.63) is 65.2 Å². The van der Waals surface area contributed by atoms with E-state index in [4.69, 9.17) is 0 Å². The number of para-hydroxylation sites is 1. The zero-order valence-corrected chi connectivity index (χ0v) is 18.3. The van der Waals surface area contributed by atoms with Crippen LogP contribution in [0.3, 0.4) is 0 Å². The molecule has 0 saturated carbocycles. The average molecular weight is 408 g/mol. The minimum atomic E-state index is -0.149. The van der Waals surface area contributed by atoms with Crippen LogP contribution in [0.1, 0.15) is 48.2 Å². The van der Waals surface area contributed by atoms with E-state index < -0.39 is 0 Å². The van der Waals surface area contributed by atoms with Crippen LogP contribution in [0.25, 0.3) is 0 Å². The molecule has 30 heavy (non-hydrogen) atoms. The van der Waals surface area contributed by atoms with Crippen molar-refractivity contribution in [1.82, 2.24) is 10.2 Å². The van der Waals surface area contributed by atoms with Crippen LogP contribution < -0.4 is 10.6 Å². The van der Waals surface area contributed by atoms with Crippen molar-refractivity contribution in [2.45, 2.75) is 40.2 Å². The number of hydrogen-bond acceptors (Lipinski definition) is 3. The molecule has 3 rings (SSSR count). The summed E-state index contributed by atoms with van der Waals surface area (Å²) in [5.41, 5.74) is 3.69. The lowest BCUT2D eigenvalue weighted by Crippen LogP contribution is -2.40. The summed E-state index contributed by atoms with van der Waals surface area (Å²) < 4.78 is 0. The number of carbonyl (C=O) groups is 2. The van der Waals surface area contributed by atoms with Crippen molar-refractivity contribution in [1.29, 1.82) is 0 Å². The number of benzene rings is 2. The van der Waals surface area contributed by atoms with Gasteiger partial charge >= 0.3 is 0 Å². The highest BCUT2D eigenvalue weighted by Gasteiger charge is 2.27. The van der Waals surface area contributed by atoms with E-state index in [0.29, 0.717) is 23.7 Å². The predicted octanol–water partition coefficient (Wildman–Crippen LogP) is 4.23. The summed E-state index contributed by atoms with van der Waals surface area (Å²) in [7, 11) is 0. The molecule has 1 saturated heterocycles. The largest absolute Gasteiger partial charge is 0.352 e. The minimum Gasteiger partial charge on any atom is -0.352 e. The Morgan fingerprint density at radius 2 is 1.83 bits per heavy atom. The number of hydrogen-bond donors (Lipinski definition) is 2. The fraction of sp³-hybridized carbons (Fsp3) is 0.440. The first-order valence-corrected chi connectivity index (χ1v) is 10.9. The van der Waals surface area contributed by atoms with Crippen molar-refractivity contribution < 1.29 is 9.59 Å². The molecule has 2 aromatic rings. The second-order valence-electron chi connectivity index (χ2n) is 8.64. The van der Waals surface area contributed by atoms with Gasteiger partial charge in [0.15, 0.2) is 0 Å². The van der Waals surface area contributed by atoms with Crippen molar-refractivity contribution in [3.63, 3.8) is 0 Å². The van der Waals surface area contributed by atoms with Crippen LogP contribution in [0.5, 0.6) is 0 Å². The van der Waals surface area contributed by atoms with Crippen LogP contribution >= 0.6 is 0 Å². The fourth-order valence-corrected chi connectivity index (χ4v) is 3.86. The number of carbonyl (C=O) groups excluding carboxylic acids is 2. The van der Waals surface area contributed by atoms with E-state index in [-0.39, 0.29) is 17.7 Å². The van der Waals surface area contributed by atoms with E-state index in [2.05, 4.69) is 60.6 Å². The molecule has 0 aromatic heterocycles. The number of nitrogens with zero attached hydrogens (tertiary/aromatic N) is 1. The number of rotatable bonds is 7. The molecule has 5 nitrogen and oxygen atoms in total. The summed E-state index contributed by atoms with van der Waals surface area (Å²) in [6.45, 7) is 9.46. The molecule has 5 heteroatoms. The molecule has 2 N–H and O–H groups in total. The van der Waals surface area contributed by atoms with E-state index in [1.807, 2.05) is 12.1 Å². The molecule has 1 unspecified atom stereocenters. The van der Waals surface area contributed by atoms with Gasteiger partial charge in [0.05, 0.1) is 17.2 Å². The molecule has 160 valence electrons. The number of aryl methyl sites for hydroxylation is 1. The molecule has 0 bridgehead atoms. The summed E-state index contributed by atoms with van der Waals surface area (Å²) in [5.74, 6) is 0.143. The van der Waals surface area contributed by atoms with Crippen molar-refractivity contribution in [2.24, 2.45) is 11.8 Å². The fourth-order valence-electron chi connectivity index (χ4n) is 3.86. The van der Waals surface area contributed by atoms with Crippen LogP contribution in [0.15, 0.2) is 48.5 Å². The Hall–Kier alpha value is -2.66. The zero-order chi connectivity index (χ0) is 21.5. The molecular weight excluding hydrogens is 374 g/mol. The third-order valence-electron chi connectivity index (χ3n) is 5.63. The third kappa shape index (κ3) is 5.92. The lowest BCUT2D eigenvalue weighted by Gasteiger charge is -2.32. The molecule has 1 aliphatic rings. The van der Waals surface area contributed by atoms with Gasteiger partial charge in [-0.05, 0) is 55.5 Å². The van der Waals surface area contributed by atoms with E-state index in [1.165, 1.54) is 11.1 Å². The first-order valence-electron chi connectivity index (χ1n) is 10.9. The first-order chi connectivity index (χ1) is 14.4. The lowest BCUT2D eigenvalue weighted by molar-refractivity contribution is -0.121. The van der Waals surface area contributed by atoms with Gasteiger partial charge in [0.1, 0.15) is 0 Å². The Bertz CT molecular complexity index is 878. The Morgan fingerprint density at radius 1 is 1.10 bits per heavy atom. The smallest absolute Gasteiger partial charge is 0.253 e. The Kier molecular flexibility index (Phi) is 7.63. The van der Waals surface area contributed by atoms with Crippen molar-refractivity contribution in [2.75, 3.05) is 25.0 Å². The Morgan fingerprint density at radius 3 is 2.60 bits per heavy atom. The van der Waals surface area contributed by atoms with Gasteiger partial charge in [0.2, 0.25) is 5.91 Å². The molecule has 1 heterocycles. The molecular formula is C25H33N3O2. The van der Waals surface area contributed by atoms with Gasteiger partial charge in [-0.2, -0.15) is 0 Å². The maximum Gasteiger partial charge on any atom is 0.253 e. The number of piperidine rings is 1. The number of likely N-dealkylation sites (tertiary alicyclic amines) is 1. The summed E-state index contributed by atoms with van der Waals surface area (Å²) in [4.78, 5) is 27.9.